The lowest BCUT2D eigenvalue weighted by Crippen LogP contribution is -2.33. The highest BCUT2D eigenvalue weighted by atomic mass is 35.5. The smallest absolute Gasteiger partial charge is 0.237 e. The van der Waals surface area contributed by atoms with Gasteiger partial charge in [-0.1, -0.05) is 46.5 Å². The van der Waals surface area contributed by atoms with Crippen molar-refractivity contribution in [1.29, 1.82) is 5.26 Å². The van der Waals surface area contributed by atoms with Crippen molar-refractivity contribution >= 4 is 64.0 Å². The van der Waals surface area contributed by atoms with Gasteiger partial charge in [0.1, 0.15) is 0 Å². The van der Waals surface area contributed by atoms with Crippen LogP contribution in [-0.2, 0) is 9.59 Å². The van der Waals surface area contributed by atoms with Gasteiger partial charge >= 0.3 is 0 Å². The number of halogens is 1. The predicted molar refractivity (Wildman–Crippen MR) is 109 cm³/mol. The van der Waals surface area contributed by atoms with Crippen LogP contribution in [0.25, 0.3) is 0 Å². The van der Waals surface area contributed by atoms with E-state index in [1.54, 1.807) is 17.0 Å². The average molecular weight is 442 g/mol. The summed E-state index contributed by atoms with van der Waals surface area (Å²) in [6.07, 6.45) is 0.227. The van der Waals surface area contributed by atoms with Crippen LogP contribution in [0.1, 0.15) is 12.0 Å². The first kappa shape index (κ1) is 21.5. The van der Waals surface area contributed by atoms with Crippen LogP contribution in [0.2, 0.25) is 5.02 Å². The summed E-state index contributed by atoms with van der Waals surface area (Å²) < 4.78 is 1.25. The Bertz CT molecular complexity index is 868. The first-order valence-corrected chi connectivity index (χ1v) is 10.9. The van der Waals surface area contributed by atoms with E-state index in [0.717, 1.165) is 5.56 Å². The van der Waals surface area contributed by atoms with Gasteiger partial charge in [0.05, 0.1) is 24.0 Å². The standard InChI is InChI=1S/C16H16ClN5O2S3/c1-10-7-11(3-4-12(10)17)22(6-2-5-18)14(24)9-26-16-21-20-15(27-16)25-8-13(19)23/h3-4,7H,2,6,8-9H2,1H3,(H2,19,23). The molecule has 0 aliphatic carbocycles. The summed E-state index contributed by atoms with van der Waals surface area (Å²) in [5.74, 6) is -0.275. The minimum Gasteiger partial charge on any atom is -0.369 e. The molecule has 0 spiro atoms. The Morgan fingerprint density at radius 3 is 2.56 bits per heavy atom. The lowest BCUT2D eigenvalue weighted by molar-refractivity contribution is -0.116. The van der Waals surface area contributed by atoms with E-state index in [2.05, 4.69) is 16.3 Å². The first-order chi connectivity index (χ1) is 12.9. The number of aryl methyl sites for hydroxylation is 1. The molecule has 27 heavy (non-hydrogen) atoms. The van der Waals surface area contributed by atoms with Crippen LogP contribution in [0.5, 0.6) is 0 Å². The van der Waals surface area contributed by atoms with E-state index in [1.165, 1.54) is 34.9 Å². The number of benzene rings is 1. The second kappa shape index (κ2) is 10.5. The molecule has 2 aromatic rings. The van der Waals surface area contributed by atoms with Gasteiger partial charge < -0.3 is 10.6 Å². The summed E-state index contributed by atoms with van der Waals surface area (Å²) in [5, 5.41) is 17.5. The SMILES string of the molecule is Cc1cc(N(CCC#N)C(=O)CSc2nnc(SCC(N)=O)s2)ccc1Cl. The van der Waals surface area contributed by atoms with Gasteiger partial charge in [-0.05, 0) is 30.7 Å². The molecule has 0 saturated carbocycles. The van der Waals surface area contributed by atoms with Crippen LogP contribution in [-0.4, -0.2) is 40.1 Å². The van der Waals surface area contributed by atoms with Gasteiger partial charge in [-0.25, -0.2) is 0 Å². The average Bonchev–Trinajstić information content (AvgIpc) is 3.09. The number of rotatable bonds is 9. The first-order valence-electron chi connectivity index (χ1n) is 7.71. The number of hydrogen-bond donors (Lipinski definition) is 1. The monoisotopic (exact) mass is 441 g/mol. The Balaban J connectivity index is 2.02. The van der Waals surface area contributed by atoms with E-state index in [1.807, 2.05) is 13.0 Å². The van der Waals surface area contributed by atoms with Crippen molar-refractivity contribution in [3.63, 3.8) is 0 Å². The maximum absolute atomic E-state index is 12.7. The second-order valence-corrected chi connectivity index (χ2v) is 9.09. The minimum atomic E-state index is -0.425. The van der Waals surface area contributed by atoms with Crippen LogP contribution in [0, 0.1) is 18.3 Å². The van der Waals surface area contributed by atoms with Gasteiger partial charge in [-0.2, -0.15) is 5.26 Å². The zero-order valence-corrected chi connectivity index (χ0v) is 17.6. The fourth-order valence-corrected chi connectivity index (χ4v) is 4.76. The zero-order chi connectivity index (χ0) is 19.8. The molecule has 11 heteroatoms. The van der Waals surface area contributed by atoms with E-state index in [4.69, 9.17) is 22.6 Å². The molecule has 0 unspecified atom stereocenters. The molecule has 2 amide bonds. The van der Waals surface area contributed by atoms with Gasteiger partial charge in [-0.3, -0.25) is 9.59 Å². The fraction of sp³-hybridized carbons (Fsp3) is 0.312. The highest BCUT2D eigenvalue weighted by molar-refractivity contribution is 8.03. The van der Waals surface area contributed by atoms with E-state index in [9.17, 15) is 9.59 Å². The molecule has 1 heterocycles. The number of hydrogen-bond acceptors (Lipinski definition) is 8. The van der Waals surface area contributed by atoms with Crippen molar-refractivity contribution in [3.05, 3.63) is 28.8 Å². The molecule has 2 N–H and O–H groups in total. The maximum atomic E-state index is 12.7. The second-order valence-electron chi connectivity index (χ2n) is 5.26. The minimum absolute atomic E-state index is 0.135. The largest absolute Gasteiger partial charge is 0.369 e. The number of anilines is 1. The number of carbonyl (C=O) groups is 2. The summed E-state index contributed by atoms with van der Waals surface area (Å²) in [6.45, 7) is 2.16. The lowest BCUT2D eigenvalue weighted by Gasteiger charge is -2.22. The summed E-state index contributed by atoms with van der Waals surface area (Å²) in [5.41, 5.74) is 6.66. The molecule has 0 aliphatic heterocycles. The summed E-state index contributed by atoms with van der Waals surface area (Å²) >= 11 is 9.83. The molecule has 1 aromatic heterocycles. The van der Waals surface area contributed by atoms with Crippen molar-refractivity contribution in [2.75, 3.05) is 23.0 Å². The Morgan fingerprint density at radius 2 is 1.96 bits per heavy atom. The molecule has 2 rings (SSSR count). The van der Waals surface area contributed by atoms with Gasteiger partial charge in [0.2, 0.25) is 11.8 Å². The van der Waals surface area contributed by atoms with Crippen molar-refractivity contribution in [3.8, 4) is 6.07 Å². The molecule has 7 nitrogen and oxygen atoms in total. The van der Waals surface area contributed by atoms with Gasteiger partial charge in [0.25, 0.3) is 0 Å². The Kier molecular flexibility index (Phi) is 8.37. The number of carbonyl (C=O) groups excluding carboxylic acids is 2. The van der Waals surface area contributed by atoms with Crippen LogP contribution in [0.4, 0.5) is 5.69 Å². The van der Waals surface area contributed by atoms with Crippen molar-refractivity contribution in [1.82, 2.24) is 10.2 Å². The molecule has 0 radical (unpaired) electrons. The Hall–Kier alpha value is -1.80. The van der Waals surface area contributed by atoms with E-state index in [0.29, 0.717) is 25.9 Å². The highest BCUT2D eigenvalue weighted by Crippen LogP contribution is 2.29. The van der Waals surface area contributed by atoms with Crippen LogP contribution in [0.15, 0.2) is 26.9 Å². The molecule has 1 aromatic carbocycles. The molecule has 0 atom stereocenters. The van der Waals surface area contributed by atoms with Crippen molar-refractivity contribution in [2.24, 2.45) is 5.73 Å². The van der Waals surface area contributed by atoms with Crippen LogP contribution >= 0.6 is 46.5 Å². The summed E-state index contributed by atoms with van der Waals surface area (Å²) in [7, 11) is 0. The number of amides is 2. The van der Waals surface area contributed by atoms with Gasteiger partial charge in [0, 0.05) is 17.3 Å². The third-order valence-electron chi connectivity index (χ3n) is 3.25. The molecule has 142 valence electrons. The van der Waals surface area contributed by atoms with E-state index in [-0.39, 0.29) is 23.8 Å². The molecule has 0 fully saturated rings. The zero-order valence-electron chi connectivity index (χ0n) is 14.3. The number of aromatic nitrogens is 2. The molecular weight excluding hydrogens is 426 g/mol. The molecular formula is C16H16ClN5O2S3. The van der Waals surface area contributed by atoms with Crippen molar-refractivity contribution in [2.45, 2.75) is 22.0 Å². The molecule has 0 bridgehead atoms. The van der Waals surface area contributed by atoms with Gasteiger partial charge in [-0.15, -0.1) is 10.2 Å². The number of nitriles is 1. The number of primary amides is 1. The molecule has 0 saturated heterocycles. The van der Waals surface area contributed by atoms with Crippen LogP contribution < -0.4 is 10.6 Å². The highest BCUT2D eigenvalue weighted by Gasteiger charge is 2.18. The van der Waals surface area contributed by atoms with E-state index < -0.39 is 5.91 Å². The molecule has 0 aliphatic rings. The lowest BCUT2D eigenvalue weighted by atomic mass is 10.2. The third-order valence-corrected chi connectivity index (χ3v) is 6.87. The number of nitrogens with zero attached hydrogens (tertiary/aromatic N) is 4. The van der Waals surface area contributed by atoms with E-state index >= 15 is 0 Å². The number of thioether (sulfide) groups is 2. The normalized spacial score (nSPS) is 10.4. The fourth-order valence-electron chi connectivity index (χ4n) is 2.00. The Morgan fingerprint density at radius 1 is 1.30 bits per heavy atom. The summed E-state index contributed by atoms with van der Waals surface area (Å²) in [6, 6.07) is 7.38. The predicted octanol–water partition coefficient (Wildman–Crippen LogP) is 3.12. The van der Waals surface area contributed by atoms with Crippen molar-refractivity contribution < 1.29 is 9.59 Å². The maximum Gasteiger partial charge on any atom is 0.237 e. The topological polar surface area (TPSA) is 113 Å². The third kappa shape index (κ3) is 6.70. The van der Waals surface area contributed by atoms with Gasteiger partial charge in [0.15, 0.2) is 8.68 Å². The summed E-state index contributed by atoms with van der Waals surface area (Å²) in [4.78, 5) is 25.1. The van der Waals surface area contributed by atoms with Crippen LogP contribution in [0.3, 0.4) is 0 Å². The Labute approximate surface area is 174 Å². The quantitative estimate of drug-likeness (QED) is 0.594. The number of nitrogens with two attached hydrogens (primary N) is 1.